The smallest absolute Gasteiger partial charge is 0.209 e. The summed E-state index contributed by atoms with van der Waals surface area (Å²) in [6.45, 7) is 1.52. The Labute approximate surface area is 134 Å². The summed E-state index contributed by atoms with van der Waals surface area (Å²) in [7, 11) is -3.18. The van der Waals surface area contributed by atoms with Crippen LogP contribution in [0, 0.1) is 0 Å². The Kier molecular flexibility index (Phi) is 4.42. The first-order chi connectivity index (χ1) is 10.5. The number of nitrogens with zero attached hydrogens (tertiary/aromatic N) is 3. The number of rotatable bonds is 4. The Morgan fingerprint density at radius 2 is 2.09 bits per heavy atom. The molecule has 1 aromatic heterocycles. The molecule has 1 aliphatic rings. The Bertz CT molecular complexity index is 730. The van der Waals surface area contributed by atoms with Crippen LogP contribution in [0.5, 0.6) is 0 Å². The highest BCUT2D eigenvalue weighted by Crippen LogP contribution is 2.26. The second kappa shape index (κ2) is 6.31. The molecule has 0 amide bonds. The first-order valence-corrected chi connectivity index (χ1v) is 9.79. The molecule has 8 heteroatoms. The zero-order chi connectivity index (χ0) is 15.6. The quantitative estimate of drug-likeness (QED) is 0.919. The summed E-state index contributed by atoms with van der Waals surface area (Å²) in [4.78, 5) is 6.70. The first kappa shape index (κ1) is 15.4. The van der Waals surface area contributed by atoms with Crippen LogP contribution in [-0.2, 0) is 10.0 Å². The van der Waals surface area contributed by atoms with Crippen LogP contribution in [0.15, 0.2) is 30.3 Å². The zero-order valence-corrected chi connectivity index (χ0v) is 13.9. The van der Waals surface area contributed by atoms with Crippen LogP contribution in [0.1, 0.15) is 12.8 Å². The Morgan fingerprint density at radius 1 is 1.32 bits per heavy atom. The van der Waals surface area contributed by atoms with Crippen molar-refractivity contribution in [3.05, 3.63) is 30.3 Å². The monoisotopic (exact) mass is 338 g/mol. The van der Waals surface area contributed by atoms with Gasteiger partial charge in [0, 0.05) is 36.2 Å². The predicted molar refractivity (Wildman–Crippen MR) is 88.6 cm³/mol. The lowest BCUT2D eigenvalue weighted by atomic mass is 10.1. The second-order valence-electron chi connectivity index (χ2n) is 5.44. The molecule has 0 radical (unpaired) electrons. The lowest BCUT2D eigenvalue weighted by Gasteiger charge is -2.32. The normalized spacial score (nSPS) is 19.3. The van der Waals surface area contributed by atoms with E-state index in [2.05, 4.69) is 19.0 Å². The first-order valence-electron chi connectivity index (χ1n) is 7.13. The molecule has 22 heavy (non-hydrogen) atoms. The summed E-state index contributed by atoms with van der Waals surface area (Å²) >= 11 is 1.36. The van der Waals surface area contributed by atoms with E-state index in [1.54, 1.807) is 0 Å². The van der Waals surface area contributed by atoms with Gasteiger partial charge >= 0.3 is 0 Å². The van der Waals surface area contributed by atoms with E-state index >= 15 is 0 Å². The van der Waals surface area contributed by atoms with Gasteiger partial charge in [-0.3, -0.25) is 0 Å². The summed E-state index contributed by atoms with van der Waals surface area (Å²) in [5.41, 5.74) is 0.993. The topological polar surface area (TPSA) is 75.2 Å². The van der Waals surface area contributed by atoms with Gasteiger partial charge in [0.25, 0.3) is 0 Å². The lowest BCUT2D eigenvalue weighted by molar-refractivity contribution is 0.467. The molecule has 118 valence electrons. The molecule has 1 aliphatic heterocycles. The van der Waals surface area contributed by atoms with Crippen molar-refractivity contribution in [3.63, 3.8) is 0 Å². The van der Waals surface area contributed by atoms with Crippen molar-refractivity contribution < 1.29 is 8.42 Å². The van der Waals surface area contributed by atoms with Crippen LogP contribution in [0.3, 0.4) is 0 Å². The molecule has 1 N–H and O–H groups in total. The Morgan fingerprint density at radius 3 is 2.82 bits per heavy atom. The zero-order valence-electron chi connectivity index (χ0n) is 12.3. The number of hydrogen-bond donors (Lipinski definition) is 1. The van der Waals surface area contributed by atoms with E-state index < -0.39 is 10.0 Å². The van der Waals surface area contributed by atoms with E-state index in [9.17, 15) is 8.42 Å². The van der Waals surface area contributed by atoms with Crippen molar-refractivity contribution in [2.45, 2.75) is 18.9 Å². The van der Waals surface area contributed by atoms with Gasteiger partial charge in [-0.05, 0) is 12.8 Å². The van der Waals surface area contributed by atoms with Crippen LogP contribution in [0.2, 0.25) is 0 Å². The summed E-state index contributed by atoms with van der Waals surface area (Å²) < 4.78 is 29.8. The fourth-order valence-electron chi connectivity index (χ4n) is 2.60. The van der Waals surface area contributed by atoms with Crippen molar-refractivity contribution in [3.8, 4) is 11.4 Å². The fraction of sp³-hybridized carbons (Fsp3) is 0.429. The number of benzene rings is 1. The van der Waals surface area contributed by atoms with Crippen LogP contribution in [0.4, 0.5) is 5.13 Å². The van der Waals surface area contributed by atoms with Gasteiger partial charge < -0.3 is 4.90 Å². The molecule has 3 rings (SSSR count). The summed E-state index contributed by atoms with van der Waals surface area (Å²) in [6.07, 6.45) is 2.99. The van der Waals surface area contributed by atoms with E-state index in [1.165, 1.54) is 17.8 Å². The van der Waals surface area contributed by atoms with Crippen LogP contribution in [0.25, 0.3) is 11.4 Å². The third kappa shape index (κ3) is 3.82. The van der Waals surface area contributed by atoms with Gasteiger partial charge in [-0.2, -0.15) is 9.36 Å². The largest absolute Gasteiger partial charge is 0.345 e. The molecule has 0 spiro atoms. The molecule has 0 saturated carbocycles. The summed E-state index contributed by atoms with van der Waals surface area (Å²) in [5, 5.41) is 0.846. The van der Waals surface area contributed by atoms with Crippen LogP contribution < -0.4 is 9.62 Å². The molecule has 1 atom stereocenters. The van der Waals surface area contributed by atoms with Crippen LogP contribution >= 0.6 is 11.5 Å². The highest BCUT2D eigenvalue weighted by Gasteiger charge is 2.24. The fourth-order valence-corrected chi connectivity index (χ4v) is 4.12. The number of anilines is 1. The maximum absolute atomic E-state index is 11.4. The number of piperidine rings is 1. The minimum atomic E-state index is -3.18. The van der Waals surface area contributed by atoms with E-state index in [0.717, 1.165) is 35.9 Å². The number of sulfonamides is 1. The minimum absolute atomic E-state index is 0.0622. The number of nitrogens with one attached hydrogen (secondary N) is 1. The molecule has 2 aromatic rings. The molecule has 1 fully saturated rings. The summed E-state index contributed by atoms with van der Waals surface area (Å²) in [6, 6.07) is 9.79. The Balaban J connectivity index is 1.73. The van der Waals surface area contributed by atoms with Gasteiger partial charge in [0.05, 0.1) is 6.26 Å². The third-order valence-electron chi connectivity index (χ3n) is 3.52. The molecule has 0 aliphatic carbocycles. The van der Waals surface area contributed by atoms with E-state index in [1.807, 2.05) is 30.3 Å². The molecular weight excluding hydrogens is 320 g/mol. The molecule has 0 unspecified atom stereocenters. The molecule has 1 saturated heterocycles. The molecule has 1 aromatic carbocycles. The number of aromatic nitrogens is 2. The van der Waals surface area contributed by atoms with Gasteiger partial charge in [0.2, 0.25) is 15.2 Å². The average Bonchev–Trinajstić information content (AvgIpc) is 2.96. The van der Waals surface area contributed by atoms with Gasteiger partial charge in [-0.1, -0.05) is 30.3 Å². The highest BCUT2D eigenvalue weighted by atomic mass is 32.2. The molecule has 2 heterocycles. The van der Waals surface area contributed by atoms with E-state index in [4.69, 9.17) is 0 Å². The number of hydrogen-bond acceptors (Lipinski definition) is 6. The van der Waals surface area contributed by atoms with Crippen molar-refractivity contribution in [1.29, 1.82) is 0 Å². The molecule has 6 nitrogen and oxygen atoms in total. The predicted octanol–water partition coefficient (Wildman–Crippen LogP) is 1.72. The second-order valence-corrected chi connectivity index (χ2v) is 7.95. The molecule has 0 bridgehead atoms. The maximum atomic E-state index is 11.4. The average molecular weight is 338 g/mol. The third-order valence-corrected chi connectivity index (χ3v) is 5.06. The Hall–Kier alpha value is -1.51. The standard InChI is InChI=1S/C14H18N4O2S2/c1-22(19,20)17-12-8-5-9-18(10-12)14-15-13(16-21-14)11-6-3-2-4-7-11/h2-4,6-7,12,17H,5,8-10H2,1H3/t12-/m0/s1. The van der Waals surface area contributed by atoms with E-state index in [-0.39, 0.29) is 6.04 Å². The van der Waals surface area contributed by atoms with E-state index in [0.29, 0.717) is 6.54 Å². The minimum Gasteiger partial charge on any atom is -0.345 e. The van der Waals surface area contributed by atoms with Crippen molar-refractivity contribution in [1.82, 2.24) is 14.1 Å². The highest BCUT2D eigenvalue weighted by molar-refractivity contribution is 7.88. The molecular formula is C14H18N4O2S2. The van der Waals surface area contributed by atoms with Crippen molar-refractivity contribution >= 4 is 26.7 Å². The lowest BCUT2D eigenvalue weighted by Crippen LogP contribution is -2.47. The van der Waals surface area contributed by atoms with Gasteiger partial charge in [0.15, 0.2) is 5.82 Å². The van der Waals surface area contributed by atoms with Crippen molar-refractivity contribution in [2.24, 2.45) is 0 Å². The maximum Gasteiger partial charge on any atom is 0.209 e. The van der Waals surface area contributed by atoms with Crippen LogP contribution in [-0.4, -0.2) is 43.2 Å². The van der Waals surface area contributed by atoms with Gasteiger partial charge in [0.1, 0.15) is 0 Å². The van der Waals surface area contributed by atoms with Gasteiger partial charge in [-0.15, -0.1) is 0 Å². The van der Waals surface area contributed by atoms with Gasteiger partial charge in [-0.25, -0.2) is 13.1 Å². The SMILES string of the molecule is CS(=O)(=O)N[C@H]1CCCN(c2nc(-c3ccccc3)ns2)C1. The van der Waals surface area contributed by atoms with Crippen molar-refractivity contribution in [2.75, 3.05) is 24.2 Å². The summed E-state index contributed by atoms with van der Waals surface area (Å²) in [5.74, 6) is 0.721.